The number of carbonyl (C=O) groups is 1. The van der Waals surface area contributed by atoms with Gasteiger partial charge >= 0.3 is 0 Å². The molecule has 1 aromatic rings. The van der Waals surface area contributed by atoms with E-state index in [1.165, 1.54) is 12.3 Å². The lowest BCUT2D eigenvalue weighted by Gasteiger charge is -2.28. The van der Waals surface area contributed by atoms with Crippen LogP contribution in [0, 0.1) is 0 Å². The molecular formula is C12H16N2O3. The van der Waals surface area contributed by atoms with Crippen molar-refractivity contribution in [2.24, 2.45) is 0 Å². The molecule has 5 heteroatoms. The lowest BCUT2D eigenvalue weighted by atomic mass is 9.94. The molecule has 0 saturated carbocycles. The number of ether oxygens (including phenoxy) is 1. The van der Waals surface area contributed by atoms with Crippen LogP contribution < -0.4 is 5.32 Å². The molecule has 2 N–H and O–H groups in total. The second-order valence-electron chi connectivity index (χ2n) is 4.51. The van der Waals surface area contributed by atoms with Crippen LogP contribution in [-0.2, 0) is 4.74 Å². The van der Waals surface area contributed by atoms with E-state index < -0.39 is 5.54 Å². The van der Waals surface area contributed by atoms with Gasteiger partial charge in [-0.2, -0.15) is 0 Å². The van der Waals surface area contributed by atoms with Gasteiger partial charge in [0, 0.05) is 12.8 Å². The van der Waals surface area contributed by atoms with Crippen LogP contribution in [0.1, 0.15) is 30.8 Å². The van der Waals surface area contributed by atoms with E-state index in [0.717, 1.165) is 6.42 Å². The molecule has 1 aromatic heterocycles. The highest BCUT2D eigenvalue weighted by molar-refractivity contribution is 5.95. The number of nitrogens with zero attached hydrogens (tertiary/aromatic N) is 1. The fraction of sp³-hybridized carbons (Fsp3) is 0.500. The number of amides is 1. The Hall–Kier alpha value is -1.62. The van der Waals surface area contributed by atoms with Crippen molar-refractivity contribution in [3.8, 4) is 5.75 Å². The second-order valence-corrected chi connectivity index (χ2v) is 4.51. The number of pyridine rings is 1. The number of nitrogens with one attached hydrogen (secondary N) is 1. The van der Waals surface area contributed by atoms with Crippen LogP contribution in [0.2, 0.25) is 0 Å². The van der Waals surface area contributed by atoms with Gasteiger partial charge in [-0.25, -0.2) is 4.98 Å². The Balaban J connectivity index is 2.15. The van der Waals surface area contributed by atoms with Gasteiger partial charge < -0.3 is 15.2 Å². The Kier molecular flexibility index (Phi) is 3.02. The zero-order valence-corrected chi connectivity index (χ0v) is 9.93. The molecular weight excluding hydrogens is 220 g/mol. The van der Waals surface area contributed by atoms with Gasteiger partial charge in [-0.3, -0.25) is 4.79 Å². The first-order valence-corrected chi connectivity index (χ1v) is 5.61. The van der Waals surface area contributed by atoms with Crippen molar-refractivity contribution in [3.63, 3.8) is 0 Å². The molecule has 92 valence electrons. The van der Waals surface area contributed by atoms with E-state index in [2.05, 4.69) is 10.3 Å². The van der Waals surface area contributed by atoms with Crippen molar-refractivity contribution in [1.82, 2.24) is 10.3 Å². The molecule has 2 unspecified atom stereocenters. The number of hydrogen-bond acceptors (Lipinski definition) is 4. The van der Waals surface area contributed by atoms with Crippen LogP contribution in [0.5, 0.6) is 5.75 Å². The molecule has 2 rings (SSSR count). The van der Waals surface area contributed by atoms with Gasteiger partial charge in [-0.05, 0) is 32.4 Å². The Labute approximate surface area is 99.8 Å². The molecule has 0 spiro atoms. The molecule has 5 nitrogen and oxygen atoms in total. The molecule has 2 heterocycles. The molecule has 1 saturated heterocycles. The van der Waals surface area contributed by atoms with Crippen molar-refractivity contribution in [2.45, 2.75) is 31.9 Å². The van der Waals surface area contributed by atoms with E-state index in [0.29, 0.717) is 6.61 Å². The number of carbonyl (C=O) groups excluding carboxylic acids is 1. The molecule has 0 bridgehead atoms. The topological polar surface area (TPSA) is 71.5 Å². The zero-order chi connectivity index (χ0) is 12.5. The van der Waals surface area contributed by atoms with Crippen molar-refractivity contribution in [1.29, 1.82) is 0 Å². The minimum absolute atomic E-state index is 0.0442. The summed E-state index contributed by atoms with van der Waals surface area (Å²) in [6, 6.07) is 3.02. The Bertz CT molecular complexity index is 436. The first kappa shape index (κ1) is 11.9. The SMILES string of the molecule is CC1OCCC1(C)NC(=O)c1ncccc1O. The van der Waals surface area contributed by atoms with Crippen LogP contribution in [0.15, 0.2) is 18.3 Å². The second kappa shape index (κ2) is 4.33. The summed E-state index contributed by atoms with van der Waals surface area (Å²) in [5.41, 5.74) is -0.353. The fourth-order valence-electron chi connectivity index (χ4n) is 1.89. The third-order valence-electron chi connectivity index (χ3n) is 3.29. The lowest BCUT2D eigenvalue weighted by Crippen LogP contribution is -2.50. The standard InChI is InChI=1S/C12H16N2O3/c1-8-12(2,5-7-17-8)14-11(16)10-9(15)4-3-6-13-10/h3-4,6,8,15H,5,7H2,1-2H3,(H,14,16). The van der Waals surface area contributed by atoms with Crippen LogP contribution >= 0.6 is 0 Å². The summed E-state index contributed by atoms with van der Waals surface area (Å²) in [7, 11) is 0. The van der Waals surface area contributed by atoms with Gasteiger partial charge in [0.1, 0.15) is 5.75 Å². The maximum atomic E-state index is 12.0. The maximum Gasteiger partial charge on any atom is 0.274 e. The van der Waals surface area contributed by atoms with E-state index in [1.54, 1.807) is 6.07 Å². The predicted molar refractivity (Wildman–Crippen MR) is 61.8 cm³/mol. The molecule has 1 fully saturated rings. The third kappa shape index (κ3) is 2.24. The maximum absolute atomic E-state index is 12.0. The molecule has 1 aliphatic rings. The Morgan fingerprint density at radius 2 is 2.47 bits per heavy atom. The average Bonchev–Trinajstić information content (AvgIpc) is 2.59. The van der Waals surface area contributed by atoms with Crippen LogP contribution in [0.4, 0.5) is 0 Å². The van der Waals surface area contributed by atoms with E-state index in [1.807, 2.05) is 13.8 Å². The van der Waals surface area contributed by atoms with Crippen LogP contribution in [0.25, 0.3) is 0 Å². The lowest BCUT2D eigenvalue weighted by molar-refractivity contribution is 0.0722. The zero-order valence-electron chi connectivity index (χ0n) is 9.93. The Morgan fingerprint density at radius 3 is 3.06 bits per heavy atom. The third-order valence-corrected chi connectivity index (χ3v) is 3.29. The average molecular weight is 236 g/mol. The van der Waals surface area contributed by atoms with Gasteiger partial charge in [0.2, 0.25) is 0 Å². The first-order valence-electron chi connectivity index (χ1n) is 5.61. The van der Waals surface area contributed by atoms with Gasteiger partial charge in [0.05, 0.1) is 11.6 Å². The molecule has 0 aromatic carbocycles. The molecule has 0 radical (unpaired) electrons. The van der Waals surface area contributed by atoms with E-state index in [4.69, 9.17) is 4.74 Å². The number of rotatable bonds is 2. The molecule has 0 aliphatic carbocycles. The van der Waals surface area contributed by atoms with Crippen LogP contribution in [-0.4, -0.2) is 34.2 Å². The number of aromatic nitrogens is 1. The summed E-state index contributed by atoms with van der Waals surface area (Å²) in [5, 5.41) is 12.4. The van der Waals surface area contributed by atoms with Crippen molar-refractivity contribution in [2.75, 3.05) is 6.61 Å². The van der Waals surface area contributed by atoms with Gasteiger partial charge in [0.15, 0.2) is 5.69 Å². The highest BCUT2D eigenvalue weighted by Crippen LogP contribution is 2.26. The van der Waals surface area contributed by atoms with Crippen molar-refractivity contribution in [3.05, 3.63) is 24.0 Å². The number of hydrogen-bond donors (Lipinski definition) is 2. The minimum atomic E-state index is -0.402. The van der Waals surface area contributed by atoms with E-state index in [9.17, 15) is 9.90 Å². The quantitative estimate of drug-likeness (QED) is 0.806. The largest absolute Gasteiger partial charge is 0.505 e. The normalized spacial score (nSPS) is 28.0. The summed E-state index contributed by atoms with van der Waals surface area (Å²) in [5.74, 6) is -0.483. The number of aromatic hydroxyl groups is 1. The monoisotopic (exact) mass is 236 g/mol. The summed E-state index contributed by atoms with van der Waals surface area (Å²) >= 11 is 0. The fourth-order valence-corrected chi connectivity index (χ4v) is 1.89. The highest BCUT2D eigenvalue weighted by Gasteiger charge is 2.38. The first-order chi connectivity index (χ1) is 8.03. The van der Waals surface area contributed by atoms with Gasteiger partial charge in [0.25, 0.3) is 5.91 Å². The summed E-state index contributed by atoms with van der Waals surface area (Å²) in [6.07, 6.45) is 2.19. The summed E-state index contributed by atoms with van der Waals surface area (Å²) in [4.78, 5) is 15.9. The minimum Gasteiger partial charge on any atom is -0.505 e. The summed E-state index contributed by atoms with van der Waals surface area (Å²) < 4.78 is 5.44. The van der Waals surface area contributed by atoms with Crippen LogP contribution in [0.3, 0.4) is 0 Å². The highest BCUT2D eigenvalue weighted by atomic mass is 16.5. The Morgan fingerprint density at radius 1 is 1.71 bits per heavy atom. The van der Waals surface area contributed by atoms with Crippen molar-refractivity contribution < 1.29 is 14.6 Å². The van der Waals surface area contributed by atoms with Crippen molar-refractivity contribution >= 4 is 5.91 Å². The van der Waals surface area contributed by atoms with E-state index >= 15 is 0 Å². The molecule has 17 heavy (non-hydrogen) atoms. The summed E-state index contributed by atoms with van der Waals surface area (Å²) in [6.45, 7) is 4.49. The smallest absolute Gasteiger partial charge is 0.274 e. The predicted octanol–water partition coefficient (Wildman–Crippen LogP) is 1.08. The van der Waals surface area contributed by atoms with Gasteiger partial charge in [-0.1, -0.05) is 0 Å². The molecule has 1 aliphatic heterocycles. The van der Waals surface area contributed by atoms with E-state index in [-0.39, 0.29) is 23.5 Å². The van der Waals surface area contributed by atoms with Gasteiger partial charge in [-0.15, -0.1) is 0 Å². The molecule has 1 amide bonds. The molecule has 2 atom stereocenters.